The van der Waals surface area contributed by atoms with Crippen molar-refractivity contribution in [2.45, 2.75) is 20.4 Å². The summed E-state index contributed by atoms with van der Waals surface area (Å²) in [6.45, 7) is 6.22. The Morgan fingerprint density at radius 1 is 1.09 bits per heavy atom. The molecular formula is C16H20N4O2. The van der Waals surface area contributed by atoms with Crippen LogP contribution in [0.4, 0.5) is 0 Å². The Kier molecular flexibility index (Phi) is 3.83. The van der Waals surface area contributed by atoms with Gasteiger partial charge >= 0.3 is 0 Å². The lowest BCUT2D eigenvalue weighted by molar-refractivity contribution is -0.138. The Balaban J connectivity index is 1.72. The fourth-order valence-corrected chi connectivity index (χ4v) is 2.90. The summed E-state index contributed by atoms with van der Waals surface area (Å²) in [6.07, 6.45) is 0. The molecule has 0 bridgehead atoms. The molecule has 1 saturated heterocycles. The first kappa shape index (κ1) is 14.6. The van der Waals surface area contributed by atoms with Gasteiger partial charge in [0, 0.05) is 33.1 Å². The fourth-order valence-electron chi connectivity index (χ4n) is 2.90. The van der Waals surface area contributed by atoms with E-state index in [1.165, 1.54) is 0 Å². The molecule has 0 aliphatic carbocycles. The van der Waals surface area contributed by atoms with Crippen molar-refractivity contribution in [1.82, 2.24) is 19.4 Å². The molecule has 2 aromatic rings. The largest absolute Gasteiger partial charge is 0.339 e. The normalized spacial score (nSPS) is 15.4. The van der Waals surface area contributed by atoms with Crippen molar-refractivity contribution in [3.05, 3.63) is 30.1 Å². The minimum Gasteiger partial charge on any atom is -0.339 e. The molecule has 1 fully saturated rings. The zero-order valence-electron chi connectivity index (χ0n) is 13.0. The van der Waals surface area contributed by atoms with Crippen molar-refractivity contribution in [2.75, 3.05) is 26.2 Å². The second-order valence-corrected chi connectivity index (χ2v) is 5.62. The van der Waals surface area contributed by atoms with Crippen molar-refractivity contribution >= 4 is 22.8 Å². The van der Waals surface area contributed by atoms with Gasteiger partial charge in [0.05, 0.1) is 11.0 Å². The van der Waals surface area contributed by atoms with Gasteiger partial charge in [-0.2, -0.15) is 0 Å². The van der Waals surface area contributed by atoms with Crippen LogP contribution in [0.3, 0.4) is 0 Å². The Morgan fingerprint density at radius 3 is 2.41 bits per heavy atom. The summed E-state index contributed by atoms with van der Waals surface area (Å²) in [4.78, 5) is 31.9. The maximum absolute atomic E-state index is 12.5. The summed E-state index contributed by atoms with van der Waals surface area (Å²) in [5.41, 5.74) is 1.89. The fraction of sp³-hybridized carbons (Fsp3) is 0.438. The number of fused-ring (bicyclic) bond motifs is 1. The van der Waals surface area contributed by atoms with E-state index in [-0.39, 0.29) is 11.8 Å². The van der Waals surface area contributed by atoms with Crippen molar-refractivity contribution in [3.8, 4) is 0 Å². The van der Waals surface area contributed by atoms with Crippen LogP contribution >= 0.6 is 0 Å². The Morgan fingerprint density at radius 2 is 1.73 bits per heavy atom. The van der Waals surface area contributed by atoms with Gasteiger partial charge in [-0.05, 0) is 19.1 Å². The van der Waals surface area contributed by atoms with E-state index in [0.717, 1.165) is 16.9 Å². The Labute approximate surface area is 129 Å². The molecule has 6 nitrogen and oxygen atoms in total. The molecule has 6 heteroatoms. The molecule has 2 amide bonds. The minimum absolute atomic E-state index is 0.0727. The topological polar surface area (TPSA) is 58.4 Å². The number of piperazine rings is 1. The van der Waals surface area contributed by atoms with E-state index < -0.39 is 0 Å². The van der Waals surface area contributed by atoms with Gasteiger partial charge in [0.25, 0.3) is 0 Å². The van der Waals surface area contributed by atoms with Crippen LogP contribution in [0, 0.1) is 6.92 Å². The third kappa shape index (κ3) is 2.68. The molecule has 2 heterocycles. The average molecular weight is 300 g/mol. The molecule has 22 heavy (non-hydrogen) atoms. The molecule has 0 radical (unpaired) electrons. The van der Waals surface area contributed by atoms with Gasteiger partial charge in [-0.1, -0.05) is 12.1 Å². The van der Waals surface area contributed by atoms with E-state index in [0.29, 0.717) is 32.7 Å². The van der Waals surface area contributed by atoms with Gasteiger partial charge in [0.2, 0.25) is 11.8 Å². The average Bonchev–Trinajstić information content (AvgIpc) is 2.83. The number of aryl methyl sites for hydroxylation is 1. The van der Waals surface area contributed by atoms with Gasteiger partial charge in [0.1, 0.15) is 12.4 Å². The predicted octanol–water partition coefficient (Wildman–Crippen LogP) is 1.04. The summed E-state index contributed by atoms with van der Waals surface area (Å²) in [5.74, 6) is 0.995. The maximum atomic E-state index is 12.5. The lowest BCUT2D eigenvalue weighted by atomic mass is 10.3. The molecule has 116 valence electrons. The predicted molar refractivity (Wildman–Crippen MR) is 83.3 cm³/mol. The number of benzene rings is 1. The number of hydrogen-bond donors (Lipinski definition) is 0. The number of amides is 2. The lowest BCUT2D eigenvalue weighted by Crippen LogP contribution is -2.50. The van der Waals surface area contributed by atoms with E-state index in [1.807, 2.05) is 40.7 Å². The SMILES string of the molecule is CC(=O)N1CCN(C(=O)Cn2c(C)nc3ccccc32)CC1. The van der Waals surface area contributed by atoms with Crippen molar-refractivity contribution < 1.29 is 9.59 Å². The summed E-state index contributed by atoms with van der Waals surface area (Å²) < 4.78 is 1.95. The van der Waals surface area contributed by atoms with Gasteiger partial charge in [-0.3, -0.25) is 9.59 Å². The number of carbonyl (C=O) groups is 2. The standard InChI is InChI=1S/C16H20N4O2/c1-12-17-14-5-3-4-6-15(14)20(12)11-16(22)19-9-7-18(8-10-19)13(2)21/h3-6H,7-11H2,1-2H3. The highest BCUT2D eigenvalue weighted by Crippen LogP contribution is 2.16. The Hall–Kier alpha value is -2.37. The molecule has 0 N–H and O–H groups in total. The zero-order valence-corrected chi connectivity index (χ0v) is 13.0. The van der Waals surface area contributed by atoms with Gasteiger partial charge in [-0.25, -0.2) is 4.98 Å². The van der Waals surface area contributed by atoms with Gasteiger partial charge in [0.15, 0.2) is 0 Å². The molecule has 1 aromatic carbocycles. The summed E-state index contributed by atoms with van der Waals surface area (Å²) >= 11 is 0. The van der Waals surface area contributed by atoms with Crippen LogP contribution in [0.5, 0.6) is 0 Å². The van der Waals surface area contributed by atoms with E-state index in [4.69, 9.17) is 0 Å². The van der Waals surface area contributed by atoms with E-state index >= 15 is 0 Å². The number of aromatic nitrogens is 2. The zero-order chi connectivity index (χ0) is 15.7. The second kappa shape index (κ2) is 5.79. The van der Waals surface area contributed by atoms with Crippen LogP contribution in [0.15, 0.2) is 24.3 Å². The summed E-state index contributed by atoms with van der Waals surface area (Å²) in [5, 5.41) is 0. The number of nitrogens with zero attached hydrogens (tertiary/aromatic N) is 4. The van der Waals surface area contributed by atoms with Crippen molar-refractivity contribution in [3.63, 3.8) is 0 Å². The van der Waals surface area contributed by atoms with Crippen LogP contribution in [0.1, 0.15) is 12.7 Å². The molecule has 1 aliphatic rings. The molecule has 3 rings (SSSR count). The highest BCUT2D eigenvalue weighted by atomic mass is 16.2. The maximum Gasteiger partial charge on any atom is 0.242 e. The number of carbonyl (C=O) groups excluding carboxylic acids is 2. The molecule has 0 saturated carbocycles. The molecule has 0 spiro atoms. The van der Waals surface area contributed by atoms with Crippen LogP contribution in [-0.4, -0.2) is 57.3 Å². The number of rotatable bonds is 2. The van der Waals surface area contributed by atoms with Crippen LogP contribution in [-0.2, 0) is 16.1 Å². The monoisotopic (exact) mass is 300 g/mol. The third-order valence-electron chi connectivity index (χ3n) is 4.22. The molecular weight excluding hydrogens is 280 g/mol. The van der Waals surface area contributed by atoms with Crippen LogP contribution in [0.25, 0.3) is 11.0 Å². The smallest absolute Gasteiger partial charge is 0.242 e. The Bertz CT molecular complexity index is 714. The van der Waals surface area contributed by atoms with E-state index in [1.54, 1.807) is 11.8 Å². The minimum atomic E-state index is 0.0727. The van der Waals surface area contributed by atoms with Gasteiger partial charge in [-0.15, -0.1) is 0 Å². The summed E-state index contributed by atoms with van der Waals surface area (Å²) in [6, 6.07) is 7.84. The molecule has 0 unspecified atom stereocenters. The third-order valence-corrected chi connectivity index (χ3v) is 4.22. The number of hydrogen-bond acceptors (Lipinski definition) is 3. The number of imidazole rings is 1. The number of para-hydroxylation sites is 2. The highest BCUT2D eigenvalue weighted by Gasteiger charge is 2.23. The van der Waals surface area contributed by atoms with Crippen LogP contribution in [0.2, 0.25) is 0 Å². The highest BCUT2D eigenvalue weighted by molar-refractivity contribution is 5.81. The first-order chi connectivity index (χ1) is 10.6. The first-order valence-corrected chi connectivity index (χ1v) is 7.51. The summed E-state index contributed by atoms with van der Waals surface area (Å²) in [7, 11) is 0. The van der Waals surface area contributed by atoms with Crippen molar-refractivity contribution in [1.29, 1.82) is 0 Å². The second-order valence-electron chi connectivity index (χ2n) is 5.62. The van der Waals surface area contributed by atoms with E-state index in [9.17, 15) is 9.59 Å². The van der Waals surface area contributed by atoms with Gasteiger partial charge < -0.3 is 14.4 Å². The van der Waals surface area contributed by atoms with Crippen LogP contribution < -0.4 is 0 Å². The molecule has 1 aliphatic heterocycles. The molecule has 0 atom stereocenters. The van der Waals surface area contributed by atoms with Crippen molar-refractivity contribution in [2.24, 2.45) is 0 Å². The molecule has 1 aromatic heterocycles. The first-order valence-electron chi connectivity index (χ1n) is 7.51. The quantitative estimate of drug-likeness (QED) is 0.832. The van der Waals surface area contributed by atoms with E-state index in [2.05, 4.69) is 4.98 Å². The lowest BCUT2D eigenvalue weighted by Gasteiger charge is -2.34.